The molecule has 32 heavy (non-hydrogen) atoms. The average molecular weight is 475 g/mol. The summed E-state index contributed by atoms with van der Waals surface area (Å²) in [5, 5.41) is 27.8. The molecule has 0 N–H and O–H groups in total. The fraction of sp³-hybridized carbons (Fsp3) is 0.476. The first-order valence-corrected chi connectivity index (χ1v) is 12.1. The molecule has 2 aliphatic heterocycles. The molecule has 2 saturated heterocycles. The largest absolute Gasteiger partial charge is 0.872 e. The molecule has 0 spiro atoms. The van der Waals surface area contributed by atoms with E-state index in [1.165, 1.54) is 22.7 Å². The first-order valence-electron chi connectivity index (χ1n) is 10.4. The van der Waals surface area contributed by atoms with E-state index >= 15 is 0 Å². The second-order valence-electron chi connectivity index (χ2n) is 7.76. The number of nitrogens with zero attached hydrogens (tertiary/aromatic N) is 4. The molecule has 2 fully saturated rings. The second-order valence-corrected chi connectivity index (χ2v) is 9.71. The van der Waals surface area contributed by atoms with E-state index in [2.05, 4.69) is 19.8 Å². The second kappa shape index (κ2) is 8.47. The van der Waals surface area contributed by atoms with Crippen molar-refractivity contribution in [2.24, 2.45) is 0 Å². The molecule has 0 bridgehead atoms. The molecule has 0 amide bonds. The minimum atomic E-state index is -0.758. The number of morpholine rings is 2. The van der Waals surface area contributed by atoms with Gasteiger partial charge in [-0.25, -0.2) is 9.97 Å². The van der Waals surface area contributed by atoms with Gasteiger partial charge in [0.15, 0.2) is 16.0 Å². The molecule has 2 aromatic heterocycles. The van der Waals surface area contributed by atoms with Gasteiger partial charge in [0.25, 0.3) is 0 Å². The highest BCUT2D eigenvalue weighted by Gasteiger charge is 2.30. The zero-order valence-electron chi connectivity index (χ0n) is 17.8. The first kappa shape index (κ1) is 21.4. The van der Waals surface area contributed by atoms with Gasteiger partial charge in [0.05, 0.1) is 47.6 Å². The molecule has 2 aromatic rings. The molecule has 5 rings (SSSR count). The van der Waals surface area contributed by atoms with Gasteiger partial charge in [-0.2, -0.15) is 0 Å². The van der Waals surface area contributed by atoms with Crippen molar-refractivity contribution in [3.63, 3.8) is 0 Å². The van der Waals surface area contributed by atoms with Crippen LogP contribution in [0.4, 0.5) is 10.3 Å². The number of hydrogen-bond acceptors (Lipinski definition) is 11. The SMILES string of the molecule is Cc1nc(N2CCOCC2)sc1C1=C([O-])C(c2sc(N3CCOCC3)nc2C)=C([O-])C1=O. The monoisotopic (exact) mass is 474 g/mol. The van der Waals surface area contributed by atoms with Gasteiger partial charge in [-0.15, -0.1) is 0 Å². The van der Waals surface area contributed by atoms with Crippen LogP contribution in [0.25, 0.3) is 11.1 Å². The van der Waals surface area contributed by atoms with Crippen LogP contribution in [0.1, 0.15) is 21.1 Å². The Balaban J connectivity index is 1.51. The van der Waals surface area contributed by atoms with Gasteiger partial charge in [0.1, 0.15) is 0 Å². The fourth-order valence-corrected chi connectivity index (χ4v) is 6.29. The Morgan fingerprint density at radius 2 is 1.19 bits per heavy atom. The van der Waals surface area contributed by atoms with Gasteiger partial charge < -0.3 is 29.5 Å². The molecular formula is C21H22N4O5S2-2. The van der Waals surface area contributed by atoms with Crippen molar-refractivity contribution in [2.75, 3.05) is 62.4 Å². The molecule has 0 aromatic carbocycles. The van der Waals surface area contributed by atoms with Crippen LogP contribution in [0, 0.1) is 13.8 Å². The number of ether oxygens (including phenoxy) is 2. The first-order chi connectivity index (χ1) is 15.5. The Morgan fingerprint density at radius 1 is 0.750 bits per heavy atom. The summed E-state index contributed by atoms with van der Waals surface area (Å²) in [6.45, 7) is 8.75. The van der Waals surface area contributed by atoms with Crippen LogP contribution in [0.5, 0.6) is 0 Å². The van der Waals surface area contributed by atoms with E-state index in [1.54, 1.807) is 13.8 Å². The summed E-state index contributed by atoms with van der Waals surface area (Å²) in [5.74, 6) is -2.04. The van der Waals surface area contributed by atoms with Gasteiger partial charge >= 0.3 is 0 Å². The van der Waals surface area contributed by atoms with Crippen LogP contribution in [0.15, 0.2) is 11.5 Å². The van der Waals surface area contributed by atoms with Crippen LogP contribution in [-0.2, 0) is 14.3 Å². The molecule has 1 aliphatic carbocycles. The highest BCUT2D eigenvalue weighted by molar-refractivity contribution is 7.17. The summed E-state index contributed by atoms with van der Waals surface area (Å²) in [5.41, 5.74) is 1.02. The zero-order valence-corrected chi connectivity index (χ0v) is 19.4. The molecule has 9 nitrogen and oxygen atoms in total. The predicted octanol–water partition coefficient (Wildman–Crippen LogP) is 0.315. The number of anilines is 2. The van der Waals surface area contributed by atoms with E-state index in [0.717, 1.165) is 10.3 Å². The van der Waals surface area contributed by atoms with Crippen molar-refractivity contribution >= 4 is 49.9 Å². The highest BCUT2D eigenvalue weighted by Crippen LogP contribution is 2.44. The third-order valence-electron chi connectivity index (χ3n) is 5.70. The van der Waals surface area contributed by atoms with Crippen LogP contribution in [0.2, 0.25) is 0 Å². The molecule has 0 unspecified atom stereocenters. The predicted molar refractivity (Wildman–Crippen MR) is 119 cm³/mol. The number of carbonyl (C=O) groups is 1. The van der Waals surface area contributed by atoms with Gasteiger partial charge in [-0.1, -0.05) is 34.2 Å². The Kier molecular flexibility index (Phi) is 5.66. The third-order valence-corrected chi connectivity index (χ3v) is 8.17. The maximum atomic E-state index is 13.4. The number of allylic oxidation sites excluding steroid dienone is 2. The lowest BCUT2D eigenvalue weighted by Crippen LogP contribution is -2.36. The smallest absolute Gasteiger partial charge is 0.186 e. The number of carbonyl (C=O) groups excluding carboxylic acids is 1. The number of aromatic nitrogens is 2. The number of Topliss-reactive ketones (excluding diaryl/α,β-unsaturated/α-hetero) is 1. The topological polar surface area (TPSA) is 114 Å². The summed E-state index contributed by atoms with van der Waals surface area (Å²) in [4.78, 5) is 27.2. The minimum absolute atomic E-state index is 0.0692. The maximum Gasteiger partial charge on any atom is 0.186 e. The molecule has 0 saturated carbocycles. The van der Waals surface area contributed by atoms with Crippen LogP contribution >= 0.6 is 22.7 Å². The summed E-state index contributed by atoms with van der Waals surface area (Å²) in [6, 6.07) is 0. The molecule has 0 radical (unpaired) electrons. The summed E-state index contributed by atoms with van der Waals surface area (Å²) >= 11 is 2.57. The lowest BCUT2D eigenvalue weighted by Gasteiger charge is -2.26. The summed E-state index contributed by atoms with van der Waals surface area (Å²) < 4.78 is 10.8. The van der Waals surface area contributed by atoms with Gasteiger partial charge in [0.2, 0.25) is 0 Å². The molecular weight excluding hydrogens is 452 g/mol. The summed E-state index contributed by atoms with van der Waals surface area (Å²) in [6.07, 6.45) is 0. The molecule has 170 valence electrons. The average Bonchev–Trinajstić information content (AvgIpc) is 3.44. The minimum Gasteiger partial charge on any atom is -0.872 e. The fourth-order valence-electron chi connectivity index (χ4n) is 3.98. The van der Waals surface area contributed by atoms with E-state index in [0.29, 0.717) is 73.7 Å². The van der Waals surface area contributed by atoms with E-state index in [9.17, 15) is 15.0 Å². The Labute approximate surface area is 193 Å². The van der Waals surface area contributed by atoms with Crippen molar-refractivity contribution in [2.45, 2.75) is 13.8 Å². The van der Waals surface area contributed by atoms with Crippen LogP contribution < -0.4 is 20.0 Å². The summed E-state index contributed by atoms with van der Waals surface area (Å²) in [7, 11) is 0. The van der Waals surface area contributed by atoms with E-state index < -0.39 is 17.3 Å². The molecule has 4 heterocycles. The van der Waals surface area contributed by atoms with Crippen LogP contribution in [-0.4, -0.2) is 68.4 Å². The Bertz CT molecular complexity index is 1120. The molecule has 3 aliphatic rings. The molecule has 11 heteroatoms. The van der Waals surface area contributed by atoms with E-state index in [4.69, 9.17) is 9.47 Å². The van der Waals surface area contributed by atoms with Crippen molar-refractivity contribution < 1.29 is 24.5 Å². The quantitative estimate of drug-likeness (QED) is 0.618. The Morgan fingerprint density at radius 3 is 1.66 bits per heavy atom. The number of aryl methyl sites for hydroxylation is 2. The number of rotatable bonds is 4. The van der Waals surface area contributed by atoms with Gasteiger partial charge in [0, 0.05) is 31.8 Å². The van der Waals surface area contributed by atoms with E-state index in [-0.39, 0.29) is 11.1 Å². The lowest BCUT2D eigenvalue weighted by atomic mass is 10.1. The van der Waals surface area contributed by atoms with Crippen molar-refractivity contribution in [1.29, 1.82) is 0 Å². The van der Waals surface area contributed by atoms with Gasteiger partial charge in [-0.3, -0.25) is 4.79 Å². The van der Waals surface area contributed by atoms with E-state index in [1.807, 2.05) is 0 Å². The Hall–Kier alpha value is -2.47. The standard InChI is InChI=1S/C21H24N4O5S2/c1-11-18(31-20(22-11)24-3-7-29-8-4-24)13-15(26)14(17(28)16(13)27)19-12(2)23-21(32-19)25-5-9-30-10-6-25/h26H,3-10H2,1-2H3,(H,27,28)/p-2. The van der Waals surface area contributed by atoms with Crippen molar-refractivity contribution in [1.82, 2.24) is 9.97 Å². The normalized spacial score (nSPS) is 20.1. The van der Waals surface area contributed by atoms with Gasteiger partial charge in [-0.05, 0) is 19.4 Å². The lowest BCUT2D eigenvalue weighted by molar-refractivity contribution is -0.301. The molecule has 0 atom stereocenters. The number of ketones is 1. The highest BCUT2D eigenvalue weighted by atomic mass is 32.1. The maximum absolute atomic E-state index is 13.4. The van der Waals surface area contributed by atoms with Crippen molar-refractivity contribution in [3.8, 4) is 0 Å². The third kappa shape index (κ3) is 3.58. The number of hydrogen-bond donors (Lipinski definition) is 0. The van der Waals surface area contributed by atoms with Crippen LogP contribution in [0.3, 0.4) is 0 Å². The van der Waals surface area contributed by atoms with Crippen molar-refractivity contribution in [3.05, 3.63) is 32.7 Å². The number of thiazole rings is 2. The zero-order chi connectivity index (χ0) is 22.4.